The van der Waals surface area contributed by atoms with Crippen LogP contribution in [0.1, 0.15) is 11.1 Å². The highest BCUT2D eigenvalue weighted by molar-refractivity contribution is 9.10. The van der Waals surface area contributed by atoms with Gasteiger partial charge in [-0.05, 0) is 17.2 Å². The largest absolute Gasteiger partial charge is 0.382 e. The molecule has 0 unspecified atom stereocenters. The van der Waals surface area contributed by atoms with Crippen LogP contribution in [0.15, 0.2) is 22.7 Å². The molecule has 0 saturated carbocycles. The van der Waals surface area contributed by atoms with Crippen molar-refractivity contribution in [2.24, 2.45) is 5.73 Å². The summed E-state index contributed by atoms with van der Waals surface area (Å²) in [4.78, 5) is 0. The summed E-state index contributed by atoms with van der Waals surface area (Å²) in [5.41, 5.74) is 7.80. The van der Waals surface area contributed by atoms with Gasteiger partial charge in [-0.2, -0.15) is 0 Å². The predicted octanol–water partition coefficient (Wildman–Crippen LogP) is 2.10. The van der Waals surface area contributed by atoms with Gasteiger partial charge in [-0.15, -0.1) is 0 Å². The minimum atomic E-state index is 0.542. The molecular formula is C15H24BrNO4. The van der Waals surface area contributed by atoms with Gasteiger partial charge in [-0.1, -0.05) is 28.1 Å². The zero-order valence-electron chi connectivity index (χ0n) is 12.5. The Morgan fingerprint density at radius 2 is 1.57 bits per heavy atom. The molecule has 0 aliphatic carbocycles. The normalized spacial score (nSPS) is 11.0. The van der Waals surface area contributed by atoms with Crippen LogP contribution in [-0.4, -0.2) is 46.8 Å². The first-order valence-electron chi connectivity index (χ1n) is 6.97. The van der Waals surface area contributed by atoms with Crippen LogP contribution in [0.5, 0.6) is 0 Å². The maximum atomic E-state index is 5.59. The van der Waals surface area contributed by atoms with Gasteiger partial charge < -0.3 is 24.7 Å². The summed E-state index contributed by atoms with van der Waals surface area (Å²) >= 11 is 3.52. The molecule has 0 aliphatic rings. The third-order valence-corrected chi connectivity index (χ3v) is 3.52. The summed E-state index contributed by atoms with van der Waals surface area (Å²) in [5.74, 6) is 0. The van der Waals surface area contributed by atoms with Gasteiger partial charge in [0.05, 0.1) is 46.2 Å². The molecule has 1 rings (SSSR count). The molecule has 6 heteroatoms. The van der Waals surface area contributed by atoms with Gasteiger partial charge in [0.2, 0.25) is 0 Å². The first-order chi connectivity index (χ1) is 10.3. The van der Waals surface area contributed by atoms with Crippen molar-refractivity contribution in [1.29, 1.82) is 0 Å². The van der Waals surface area contributed by atoms with Gasteiger partial charge in [0, 0.05) is 18.1 Å². The van der Waals surface area contributed by atoms with Crippen LogP contribution in [0.4, 0.5) is 0 Å². The van der Waals surface area contributed by atoms with E-state index < -0.39 is 0 Å². The van der Waals surface area contributed by atoms with E-state index in [4.69, 9.17) is 24.7 Å². The first-order valence-corrected chi connectivity index (χ1v) is 7.76. The van der Waals surface area contributed by atoms with Gasteiger partial charge >= 0.3 is 0 Å². The SMILES string of the molecule is COCCOCCOCCOCc1ccc(CN)cc1Br. The second-order valence-corrected chi connectivity index (χ2v) is 5.25. The van der Waals surface area contributed by atoms with E-state index in [9.17, 15) is 0 Å². The topological polar surface area (TPSA) is 62.9 Å². The van der Waals surface area contributed by atoms with Crippen LogP contribution < -0.4 is 5.73 Å². The van der Waals surface area contributed by atoms with E-state index in [0.29, 0.717) is 52.8 Å². The number of hydrogen-bond donors (Lipinski definition) is 1. The summed E-state index contributed by atoms with van der Waals surface area (Å²) in [5, 5.41) is 0. The summed E-state index contributed by atoms with van der Waals surface area (Å²) in [7, 11) is 1.65. The van der Waals surface area contributed by atoms with Crippen molar-refractivity contribution < 1.29 is 18.9 Å². The molecule has 0 amide bonds. The van der Waals surface area contributed by atoms with Crippen LogP contribution in [0, 0.1) is 0 Å². The van der Waals surface area contributed by atoms with Crippen LogP contribution in [0.3, 0.4) is 0 Å². The molecule has 2 N–H and O–H groups in total. The number of halogens is 1. The Balaban J connectivity index is 2.01. The molecule has 0 saturated heterocycles. The van der Waals surface area contributed by atoms with Crippen LogP contribution in [0.2, 0.25) is 0 Å². The highest BCUT2D eigenvalue weighted by Crippen LogP contribution is 2.19. The van der Waals surface area contributed by atoms with Crippen molar-refractivity contribution in [3.05, 3.63) is 33.8 Å². The highest BCUT2D eigenvalue weighted by atomic mass is 79.9. The Hall–Kier alpha value is -0.500. The Bertz CT molecular complexity index is 390. The standard InChI is InChI=1S/C15H24BrNO4/c1-18-4-5-19-6-7-20-8-9-21-12-14-3-2-13(11-17)10-15(14)16/h2-3,10H,4-9,11-12,17H2,1H3. The Kier molecular flexibility index (Phi) is 10.7. The summed E-state index contributed by atoms with van der Waals surface area (Å²) < 4.78 is 22.1. The molecule has 5 nitrogen and oxygen atoms in total. The van der Waals surface area contributed by atoms with E-state index in [-0.39, 0.29) is 0 Å². The lowest BCUT2D eigenvalue weighted by molar-refractivity contribution is 0.000802. The van der Waals surface area contributed by atoms with E-state index in [0.717, 1.165) is 15.6 Å². The number of methoxy groups -OCH3 is 1. The molecule has 0 fully saturated rings. The average molecular weight is 362 g/mol. The molecule has 0 heterocycles. The van der Waals surface area contributed by atoms with Crippen LogP contribution >= 0.6 is 15.9 Å². The zero-order valence-corrected chi connectivity index (χ0v) is 14.1. The van der Waals surface area contributed by atoms with E-state index >= 15 is 0 Å². The molecule has 0 radical (unpaired) electrons. The zero-order chi connectivity index (χ0) is 15.3. The molecule has 120 valence electrons. The lowest BCUT2D eigenvalue weighted by atomic mass is 10.1. The van der Waals surface area contributed by atoms with Crippen molar-refractivity contribution >= 4 is 15.9 Å². The fourth-order valence-electron chi connectivity index (χ4n) is 1.60. The number of nitrogens with two attached hydrogens (primary N) is 1. The van der Waals surface area contributed by atoms with E-state index in [1.807, 2.05) is 18.2 Å². The molecule has 1 aromatic rings. The Morgan fingerprint density at radius 1 is 0.952 bits per heavy atom. The Morgan fingerprint density at radius 3 is 2.14 bits per heavy atom. The molecule has 21 heavy (non-hydrogen) atoms. The van der Waals surface area contributed by atoms with Crippen LogP contribution in [0.25, 0.3) is 0 Å². The second kappa shape index (κ2) is 12.1. The third kappa shape index (κ3) is 8.50. The summed E-state index contributed by atoms with van der Waals surface area (Å²) in [6.07, 6.45) is 0. The molecular weight excluding hydrogens is 338 g/mol. The van der Waals surface area contributed by atoms with Gasteiger partial charge in [0.25, 0.3) is 0 Å². The lowest BCUT2D eigenvalue weighted by Crippen LogP contribution is -2.11. The molecule has 0 spiro atoms. The lowest BCUT2D eigenvalue weighted by Gasteiger charge is -2.09. The molecule has 0 aromatic heterocycles. The van der Waals surface area contributed by atoms with Crippen molar-refractivity contribution in [2.45, 2.75) is 13.2 Å². The number of benzene rings is 1. The predicted molar refractivity (Wildman–Crippen MR) is 85.2 cm³/mol. The Labute approximate surface area is 134 Å². The summed E-state index contributed by atoms with van der Waals surface area (Å²) in [6, 6.07) is 6.06. The number of rotatable bonds is 12. The van der Waals surface area contributed by atoms with Gasteiger partial charge in [-0.25, -0.2) is 0 Å². The van der Waals surface area contributed by atoms with E-state index in [1.165, 1.54) is 0 Å². The van der Waals surface area contributed by atoms with Gasteiger partial charge in [0.15, 0.2) is 0 Å². The minimum absolute atomic E-state index is 0.542. The molecule has 1 aromatic carbocycles. The van der Waals surface area contributed by atoms with Crippen molar-refractivity contribution in [1.82, 2.24) is 0 Å². The monoisotopic (exact) mass is 361 g/mol. The third-order valence-electron chi connectivity index (χ3n) is 2.79. The summed E-state index contributed by atoms with van der Waals surface area (Å²) in [6.45, 7) is 4.58. The fraction of sp³-hybridized carbons (Fsp3) is 0.600. The average Bonchev–Trinajstić information content (AvgIpc) is 2.50. The fourth-order valence-corrected chi connectivity index (χ4v) is 2.14. The van der Waals surface area contributed by atoms with Gasteiger partial charge in [0.1, 0.15) is 0 Å². The quantitative estimate of drug-likeness (QED) is 0.577. The smallest absolute Gasteiger partial charge is 0.0728 e. The van der Waals surface area contributed by atoms with Crippen LogP contribution in [-0.2, 0) is 32.1 Å². The molecule has 0 atom stereocenters. The first kappa shape index (κ1) is 18.5. The number of ether oxygens (including phenoxy) is 4. The molecule has 0 bridgehead atoms. The maximum Gasteiger partial charge on any atom is 0.0728 e. The number of hydrogen-bond acceptors (Lipinski definition) is 5. The minimum Gasteiger partial charge on any atom is -0.382 e. The van der Waals surface area contributed by atoms with Gasteiger partial charge in [-0.3, -0.25) is 0 Å². The van der Waals surface area contributed by atoms with Crippen molar-refractivity contribution in [3.8, 4) is 0 Å². The highest BCUT2D eigenvalue weighted by Gasteiger charge is 2.01. The van der Waals surface area contributed by atoms with E-state index in [2.05, 4.69) is 15.9 Å². The second-order valence-electron chi connectivity index (χ2n) is 4.40. The molecule has 0 aliphatic heterocycles. The van der Waals surface area contributed by atoms with Crippen molar-refractivity contribution in [2.75, 3.05) is 46.8 Å². The van der Waals surface area contributed by atoms with E-state index in [1.54, 1.807) is 7.11 Å². The maximum absolute atomic E-state index is 5.59. The van der Waals surface area contributed by atoms with Crippen molar-refractivity contribution in [3.63, 3.8) is 0 Å².